The minimum absolute atomic E-state index is 0.00768. The molecule has 0 saturated heterocycles. The molecule has 1 N–H and O–H groups in total. The van der Waals surface area contributed by atoms with Crippen LogP contribution in [0, 0.1) is 6.92 Å². The third-order valence-corrected chi connectivity index (χ3v) is 6.08. The first kappa shape index (κ1) is 19.8. The highest BCUT2D eigenvalue weighted by Gasteiger charge is 2.22. The van der Waals surface area contributed by atoms with Gasteiger partial charge in [-0.15, -0.1) is 0 Å². The van der Waals surface area contributed by atoms with Gasteiger partial charge >= 0.3 is 0 Å². The van der Waals surface area contributed by atoms with Crippen LogP contribution in [0.2, 0.25) is 5.02 Å². The fraction of sp³-hybridized carbons (Fsp3) is 0.333. The number of carbonyl (C=O) groups is 1. The van der Waals surface area contributed by atoms with Crippen molar-refractivity contribution in [3.63, 3.8) is 0 Å². The lowest BCUT2D eigenvalue weighted by Crippen LogP contribution is -3.12. The van der Waals surface area contributed by atoms with Crippen LogP contribution in [0.5, 0.6) is 0 Å². The summed E-state index contributed by atoms with van der Waals surface area (Å²) in [6, 6.07) is 13.4. The van der Waals surface area contributed by atoms with E-state index in [1.165, 1.54) is 16.2 Å². The topological polar surface area (TPSA) is 37.6 Å². The predicted molar refractivity (Wildman–Crippen MR) is 114 cm³/mol. The number of likely N-dealkylation sites (N-methyl/N-ethyl adjacent to an activating group) is 1. The number of fused-ring (bicyclic) bond motifs is 1. The van der Waals surface area contributed by atoms with Crippen molar-refractivity contribution in [2.75, 3.05) is 31.1 Å². The monoisotopic (exact) mass is 402 g/mol. The third-order valence-electron chi connectivity index (χ3n) is 4.80. The van der Waals surface area contributed by atoms with Gasteiger partial charge in [-0.25, -0.2) is 4.98 Å². The van der Waals surface area contributed by atoms with E-state index in [1.807, 2.05) is 54.3 Å². The van der Waals surface area contributed by atoms with Crippen molar-refractivity contribution in [1.29, 1.82) is 0 Å². The lowest BCUT2D eigenvalue weighted by molar-refractivity contribution is -0.894. The van der Waals surface area contributed by atoms with Crippen molar-refractivity contribution < 1.29 is 9.69 Å². The van der Waals surface area contributed by atoms with Gasteiger partial charge in [0, 0.05) is 10.6 Å². The van der Waals surface area contributed by atoms with Gasteiger partial charge in [0.15, 0.2) is 5.13 Å². The zero-order valence-corrected chi connectivity index (χ0v) is 17.5. The van der Waals surface area contributed by atoms with Crippen LogP contribution >= 0.6 is 22.9 Å². The van der Waals surface area contributed by atoms with Gasteiger partial charge in [0.1, 0.15) is 0 Å². The number of hydrogen-bond donors (Lipinski definition) is 1. The Hall–Kier alpha value is -1.95. The van der Waals surface area contributed by atoms with Gasteiger partial charge in [-0.05, 0) is 51.1 Å². The van der Waals surface area contributed by atoms with E-state index >= 15 is 0 Å². The fourth-order valence-corrected chi connectivity index (χ4v) is 4.28. The van der Waals surface area contributed by atoms with Crippen molar-refractivity contribution in [2.45, 2.75) is 20.8 Å². The second kappa shape index (κ2) is 8.83. The zero-order chi connectivity index (χ0) is 19.4. The maximum Gasteiger partial charge on any atom is 0.260 e. The highest BCUT2D eigenvalue weighted by molar-refractivity contribution is 7.22. The lowest BCUT2D eigenvalue weighted by atomic mass is 10.1. The number of halogens is 1. The van der Waals surface area contributed by atoms with Crippen LogP contribution in [0.25, 0.3) is 10.2 Å². The van der Waals surface area contributed by atoms with Crippen molar-refractivity contribution >= 4 is 44.2 Å². The second-order valence-corrected chi connectivity index (χ2v) is 8.08. The molecular weight excluding hydrogens is 378 g/mol. The van der Waals surface area contributed by atoms with Crippen LogP contribution in [-0.4, -0.2) is 37.1 Å². The summed E-state index contributed by atoms with van der Waals surface area (Å²) in [5.41, 5.74) is 2.70. The molecule has 0 unspecified atom stereocenters. The Morgan fingerprint density at radius 1 is 1.15 bits per heavy atom. The molecule has 3 aromatic rings. The molecule has 1 amide bonds. The molecule has 0 spiro atoms. The van der Waals surface area contributed by atoms with Gasteiger partial charge in [0.05, 0.1) is 36.4 Å². The molecule has 3 rings (SSSR count). The average Bonchev–Trinajstić information content (AvgIpc) is 3.08. The quantitative estimate of drug-likeness (QED) is 0.652. The molecule has 0 aliphatic heterocycles. The van der Waals surface area contributed by atoms with Crippen LogP contribution in [-0.2, 0) is 0 Å². The maximum absolute atomic E-state index is 13.2. The number of aromatic nitrogens is 1. The van der Waals surface area contributed by atoms with Crippen LogP contribution in [0.15, 0.2) is 42.5 Å². The largest absolute Gasteiger partial charge is 0.334 e. The van der Waals surface area contributed by atoms with Gasteiger partial charge < -0.3 is 4.90 Å². The molecule has 2 aromatic carbocycles. The molecule has 27 heavy (non-hydrogen) atoms. The number of rotatable bonds is 7. The van der Waals surface area contributed by atoms with Gasteiger partial charge in [0.2, 0.25) is 0 Å². The Balaban J connectivity index is 1.94. The number of quaternary nitrogens is 1. The number of hydrogen-bond acceptors (Lipinski definition) is 3. The molecular formula is C21H25ClN3OS+. The molecule has 0 aliphatic carbocycles. The Labute approximate surface area is 169 Å². The Kier molecular flexibility index (Phi) is 6.47. The van der Waals surface area contributed by atoms with E-state index in [1.54, 1.807) is 0 Å². The lowest BCUT2D eigenvalue weighted by Gasteiger charge is -2.23. The van der Waals surface area contributed by atoms with E-state index < -0.39 is 0 Å². The number of anilines is 1. The Bertz CT molecular complexity index is 919. The molecule has 0 fully saturated rings. The van der Waals surface area contributed by atoms with Crippen molar-refractivity contribution in [2.24, 2.45) is 0 Å². The highest BCUT2D eigenvalue weighted by atomic mass is 35.5. The first-order valence-electron chi connectivity index (χ1n) is 9.30. The van der Waals surface area contributed by atoms with Gasteiger partial charge in [-0.2, -0.15) is 0 Å². The maximum atomic E-state index is 13.2. The molecule has 0 bridgehead atoms. The number of aryl methyl sites for hydroxylation is 1. The normalized spacial score (nSPS) is 11.3. The number of nitrogens with one attached hydrogen (secondary N) is 1. The number of benzene rings is 2. The number of nitrogens with zero attached hydrogens (tertiary/aromatic N) is 2. The van der Waals surface area contributed by atoms with E-state index in [9.17, 15) is 4.79 Å². The summed E-state index contributed by atoms with van der Waals surface area (Å²) in [6.45, 7) is 9.97. The SMILES string of the molecule is CC[NH+](CC)CCN(C(=O)c1ccc(C)cc1)c1nc2ccc(Cl)cc2s1. The van der Waals surface area contributed by atoms with E-state index in [0.29, 0.717) is 17.1 Å². The summed E-state index contributed by atoms with van der Waals surface area (Å²) >= 11 is 7.63. The number of amides is 1. The van der Waals surface area contributed by atoms with Crippen molar-refractivity contribution in [3.8, 4) is 0 Å². The minimum atomic E-state index is -0.00768. The van der Waals surface area contributed by atoms with Crippen LogP contribution in [0.4, 0.5) is 5.13 Å². The summed E-state index contributed by atoms with van der Waals surface area (Å²) in [5.74, 6) is -0.00768. The summed E-state index contributed by atoms with van der Waals surface area (Å²) in [4.78, 5) is 21.2. The first-order chi connectivity index (χ1) is 13.0. The van der Waals surface area contributed by atoms with Gasteiger partial charge in [-0.3, -0.25) is 9.69 Å². The minimum Gasteiger partial charge on any atom is -0.334 e. The summed E-state index contributed by atoms with van der Waals surface area (Å²) in [5, 5.41) is 1.41. The standard InChI is InChI=1S/C21H24ClN3OS/c1-4-24(5-2)12-13-25(20(26)16-8-6-15(3)7-9-16)21-23-18-11-10-17(22)14-19(18)27-21/h6-11,14H,4-5,12-13H2,1-3H3/p+1. The van der Waals surface area contributed by atoms with Gasteiger partial charge in [-0.1, -0.05) is 40.6 Å². The van der Waals surface area contributed by atoms with Gasteiger partial charge in [0.25, 0.3) is 5.91 Å². The molecule has 0 saturated carbocycles. The molecule has 0 radical (unpaired) electrons. The Morgan fingerprint density at radius 2 is 1.85 bits per heavy atom. The number of thiazole rings is 1. The smallest absolute Gasteiger partial charge is 0.260 e. The molecule has 1 heterocycles. The molecule has 0 atom stereocenters. The zero-order valence-electron chi connectivity index (χ0n) is 16.0. The average molecular weight is 403 g/mol. The van der Waals surface area contributed by atoms with E-state index in [0.717, 1.165) is 40.5 Å². The van der Waals surface area contributed by atoms with E-state index in [4.69, 9.17) is 16.6 Å². The third kappa shape index (κ3) is 4.67. The van der Waals surface area contributed by atoms with Crippen LogP contribution < -0.4 is 9.80 Å². The molecule has 1 aromatic heterocycles. The van der Waals surface area contributed by atoms with Crippen LogP contribution in [0.3, 0.4) is 0 Å². The van der Waals surface area contributed by atoms with Crippen molar-refractivity contribution in [3.05, 3.63) is 58.6 Å². The molecule has 142 valence electrons. The molecule has 4 nitrogen and oxygen atoms in total. The summed E-state index contributed by atoms with van der Waals surface area (Å²) in [7, 11) is 0. The predicted octanol–water partition coefficient (Wildman–Crippen LogP) is 3.83. The Morgan fingerprint density at radius 3 is 2.52 bits per heavy atom. The second-order valence-electron chi connectivity index (χ2n) is 6.64. The summed E-state index contributed by atoms with van der Waals surface area (Å²) < 4.78 is 0.995. The van der Waals surface area contributed by atoms with Crippen molar-refractivity contribution in [1.82, 2.24) is 4.98 Å². The van der Waals surface area contributed by atoms with Crippen LogP contribution in [0.1, 0.15) is 29.8 Å². The number of carbonyl (C=O) groups excluding carboxylic acids is 1. The summed E-state index contributed by atoms with van der Waals surface area (Å²) in [6.07, 6.45) is 0. The van der Waals surface area contributed by atoms with E-state index in [-0.39, 0.29) is 5.91 Å². The highest BCUT2D eigenvalue weighted by Crippen LogP contribution is 2.31. The molecule has 0 aliphatic rings. The molecule has 6 heteroatoms. The van der Waals surface area contributed by atoms with E-state index in [2.05, 4.69) is 13.8 Å². The fourth-order valence-electron chi connectivity index (χ4n) is 3.01. The first-order valence-corrected chi connectivity index (χ1v) is 10.5.